The number of nitrogens with zero attached hydrogens (tertiary/aromatic N) is 1. The lowest BCUT2D eigenvalue weighted by molar-refractivity contribution is 0.249. The molecular weight excluding hydrogens is 342 g/mol. The van der Waals surface area contributed by atoms with Crippen LogP contribution in [-0.2, 0) is 0 Å². The van der Waals surface area contributed by atoms with Gasteiger partial charge in [-0.2, -0.15) is 0 Å². The predicted molar refractivity (Wildman–Crippen MR) is 107 cm³/mol. The smallest absolute Gasteiger partial charge is 0.319 e. The van der Waals surface area contributed by atoms with Gasteiger partial charge in [0.2, 0.25) is 0 Å². The average molecular weight is 369 g/mol. The summed E-state index contributed by atoms with van der Waals surface area (Å²) in [6.07, 6.45) is 1.17. The Morgan fingerprint density at radius 1 is 1.11 bits per heavy atom. The van der Waals surface area contributed by atoms with Crippen LogP contribution in [0.2, 0.25) is 0 Å². The maximum absolute atomic E-state index is 12.1. The maximum atomic E-state index is 12.1. The van der Waals surface area contributed by atoms with Gasteiger partial charge in [0.05, 0.1) is 14.2 Å². The monoisotopic (exact) mass is 369 g/mol. The number of carbonyl (C=O) groups excluding carboxylic acids is 1. The Bertz CT molecular complexity index is 752. The van der Waals surface area contributed by atoms with Crippen LogP contribution in [0, 0.1) is 0 Å². The minimum atomic E-state index is -0.221. The highest BCUT2D eigenvalue weighted by Crippen LogP contribution is 2.29. The molecule has 2 N–H and O–H groups in total. The fraction of sp³-hybridized carbons (Fsp3) is 0.381. The highest BCUT2D eigenvalue weighted by Gasteiger charge is 2.23. The van der Waals surface area contributed by atoms with Crippen molar-refractivity contribution in [1.29, 1.82) is 0 Å². The number of likely N-dealkylation sites (tertiary alicyclic amines) is 1. The molecular formula is C21H27N3O3. The lowest BCUT2D eigenvalue weighted by atomic mass is 9.99. The van der Waals surface area contributed by atoms with Crippen molar-refractivity contribution in [3.05, 3.63) is 54.1 Å². The van der Waals surface area contributed by atoms with Gasteiger partial charge in [0.1, 0.15) is 0 Å². The van der Waals surface area contributed by atoms with Gasteiger partial charge in [0, 0.05) is 31.4 Å². The molecule has 1 atom stereocenters. The molecule has 0 aliphatic carbocycles. The van der Waals surface area contributed by atoms with Crippen molar-refractivity contribution in [2.75, 3.05) is 45.7 Å². The zero-order chi connectivity index (χ0) is 19.1. The average Bonchev–Trinajstić information content (AvgIpc) is 3.17. The molecule has 3 rings (SSSR count). The Labute approximate surface area is 160 Å². The molecule has 0 spiro atoms. The second kappa shape index (κ2) is 9.28. The standard InChI is InChI=1S/C21H27N3O3/c1-26-19-9-8-18(14-20(19)27-2)23-21(25)22-11-13-24-12-10-17(15-24)16-6-4-3-5-7-16/h3-9,14,17H,10-13,15H2,1-2H3,(H2,22,23,25). The van der Waals surface area contributed by atoms with Crippen LogP contribution in [0.1, 0.15) is 17.9 Å². The Balaban J connectivity index is 1.41. The molecule has 2 amide bonds. The number of hydrogen-bond acceptors (Lipinski definition) is 4. The molecule has 144 valence electrons. The highest BCUT2D eigenvalue weighted by molar-refractivity contribution is 5.89. The van der Waals surface area contributed by atoms with Crippen molar-refractivity contribution in [2.24, 2.45) is 0 Å². The molecule has 6 nitrogen and oxygen atoms in total. The predicted octanol–water partition coefficient (Wildman–Crippen LogP) is 3.31. The van der Waals surface area contributed by atoms with E-state index in [1.54, 1.807) is 32.4 Å². The minimum Gasteiger partial charge on any atom is -0.493 e. The van der Waals surface area contributed by atoms with Gasteiger partial charge in [-0.15, -0.1) is 0 Å². The third-order valence-electron chi connectivity index (χ3n) is 4.90. The number of ether oxygens (including phenoxy) is 2. The Morgan fingerprint density at radius 3 is 2.63 bits per heavy atom. The number of urea groups is 1. The zero-order valence-corrected chi connectivity index (χ0v) is 15.9. The van der Waals surface area contributed by atoms with Crippen molar-refractivity contribution in [1.82, 2.24) is 10.2 Å². The van der Waals surface area contributed by atoms with E-state index in [1.165, 1.54) is 12.0 Å². The number of amides is 2. The molecule has 6 heteroatoms. The number of benzene rings is 2. The number of anilines is 1. The van der Waals surface area contributed by atoms with E-state index in [9.17, 15) is 4.79 Å². The molecule has 1 saturated heterocycles. The van der Waals surface area contributed by atoms with Gasteiger partial charge in [-0.3, -0.25) is 0 Å². The lowest BCUT2D eigenvalue weighted by Crippen LogP contribution is -2.36. The van der Waals surface area contributed by atoms with Crippen molar-refractivity contribution in [3.63, 3.8) is 0 Å². The molecule has 0 bridgehead atoms. The number of carbonyl (C=O) groups is 1. The van der Waals surface area contributed by atoms with Crippen LogP contribution in [0.4, 0.5) is 10.5 Å². The van der Waals surface area contributed by atoms with Gasteiger partial charge in [-0.1, -0.05) is 30.3 Å². The van der Waals surface area contributed by atoms with Gasteiger partial charge in [0.25, 0.3) is 0 Å². The Morgan fingerprint density at radius 2 is 1.89 bits per heavy atom. The summed E-state index contributed by atoms with van der Waals surface area (Å²) in [6.45, 7) is 3.57. The first-order valence-corrected chi connectivity index (χ1v) is 9.23. The summed E-state index contributed by atoms with van der Waals surface area (Å²) < 4.78 is 10.5. The van der Waals surface area contributed by atoms with Crippen molar-refractivity contribution in [2.45, 2.75) is 12.3 Å². The van der Waals surface area contributed by atoms with Gasteiger partial charge in [-0.25, -0.2) is 4.79 Å². The summed E-state index contributed by atoms with van der Waals surface area (Å²) in [5.41, 5.74) is 2.06. The first-order valence-electron chi connectivity index (χ1n) is 9.23. The molecule has 1 heterocycles. The van der Waals surface area contributed by atoms with Crippen LogP contribution in [0.5, 0.6) is 11.5 Å². The summed E-state index contributed by atoms with van der Waals surface area (Å²) in [7, 11) is 3.15. The SMILES string of the molecule is COc1ccc(NC(=O)NCCN2CCC(c3ccccc3)C2)cc1OC. The van der Waals surface area contributed by atoms with E-state index in [0.717, 1.165) is 19.6 Å². The van der Waals surface area contributed by atoms with Crippen molar-refractivity contribution >= 4 is 11.7 Å². The minimum absolute atomic E-state index is 0.221. The maximum Gasteiger partial charge on any atom is 0.319 e. The molecule has 0 radical (unpaired) electrons. The first kappa shape index (κ1) is 19.0. The Hall–Kier alpha value is -2.73. The number of nitrogens with one attached hydrogen (secondary N) is 2. The van der Waals surface area contributed by atoms with Gasteiger partial charge in [-0.05, 0) is 36.6 Å². The first-order chi connectivity index (χ1) is 13.2. The summed E-state index contributed by atoms with van der Waals surface area (Å²) in [5, 5.41) is 5.74. The van der Waals surface area contributed by atoms with Gasteiger partial charge in [0.15, 0.2) is 11.5 Å². The fourth-order valence-corrected chi connectivity index (χ4v) is 3.45. The molecule has 1 aliphatic heterocycles. The lowest BCUT2D eigenvalue weighted by Gasteiger charge is -2.17. The summed E-state index contributed by atoms with van der Waals surface area (Å²) in [6, 6.07) is 15.7. The van der Waals surface area contributed by atoms with Crippen molar-refractivity contribution < 1.29 is 14.3 Å². The topological polar surface area (TPSA) is 62.8 Å². The fourth-order valence-electron chi connectivity index (χ4n) is 3.45. The molecule has 1 aliphatic rings. The molecule has 2 aromatic carbocycles. The van der Waals surface area contributed by atoms with Crippen LogP contribution in [0.3, 0.4) is 0 Å². The van der Waals surface area contributed by atoms with E-state index in [0.29, 0.717) is 29.6 Å². The molecule has 1 fully saturated rings. The molecule has 0 saturated carbocycles. The molecule has 27 heavy (non-hydrogen) atoms. The van der Waals surface area contributed by atoms with Crippen LogP contribution in [0.25, 0.3) is 0 Å². The summed E-state index contributed by atoms with van der Waals surface area (Å²) >= 11 is 0. The number of rotatable bonds is 7. The highest BCUT2D eigenvalue weighted by atomic mass is 16.5. The number of hydrogen-bond donors (Lipinski definition) is 2. The number of methoxy groups -OCH3 is 2. The van der Waals surface area contributed by atoms with Crippen LogP contribution in [0.15, 0.2) is 48.5 Å². The van der Waals surface area contributed by atoms with Crippen LogP contribution in [-0.4, -0.2) is 51.3 Å². The molecule has 1 unspecified atom stereocenters. The van der Waals surface area contributed by atoms with Crippen molar-refractivity contribution in [3.8, 4) is 11.5 Å². The Kier molecular flexibility index (Phi) is 6.54. The van der Waals surface area contributed by atoms with Crippen LogP contribution >= 0.6 is 0 Å². The van der Waals surface area contributed by atoms with Crippen LogP contribution < -0.4 is 20.1 Å². The summed E-state index contributed by atoms with van der Waals surface area (Å²) in [4.78, 5) is 14.5. The summed E-state index contributed by atoms with van der Waals surface area (Å²) in [5.74, 6) is 1.80. The van der Waals surface area contributed by atoms with E-state index in [-0.39, 0.29) is 6.03 Å². The van der Waals surface area contributed by atoms with E-state index < -0.39 is 0 Å². The van der Waals surface area contributed by atoms with Gasteiger partial charge >= 0.3 is 6.03 Å². The molecule has 0 aromatic heterocycles. The molecule has 2 aromatic rings. The largest absolute Gasteiger partial charge is 0.493 e. The third-order valence-corrected chi connectivity index (χ3v) is 4.90. The second-order valence-electron chi connectivity index (χ2n) is 6.65. The quantitative estimate of drug-likeness (QED) is 0.786. The van der Waals surface area contributed by atoms with Gasteiger partial charge < -0.3 is 25.0 Å². The third kappa shape index (κ3) is 5.14. The van der Waals surface area contributed by atoms with E-state index in [4.69, 9.17) is 9.47 Å². The normalized spacial score (nSPS) is 16.7. The second-order valence-corrected chi connectivity index (χ2v) is 6.65. The zero-order valence-electron chi connectivity index (χ0n) is 15.9. The van der Waals surface area contributed by atoms with E-state index in [1.807, 2.05) is 0 Å². The van der Waals surface area contributed by atoms with E-state index in [2.05, 4.69) is 45.9 Å². The van der Waals surface area contributed by atoms with E-state index >= 15 is 0 Å².